The second-order valence-electron chi connectivity index (χ2n) is 5.33. The fourth-order valence-electron chi connectivity index (χ4n) is 2.90. The van der Waals surface area contributed by atoms with Crippen LogP contribution in [0, 0.1) is 0 Å². The Morgan fingerprint density at radius 1 is 1.38 bits per heavy atom. The Balaban J connectivity index is 1.65. The van der Waals surface area contributed by atoms with Gasteiger partial charge in [0.2, 0.25) is 5.91 Å². The summed E-state index contributed by atoms with van der Waals surface area (Å²) in [6, 6.07) is 3.96. The Morgan fingerprint density at radius 2 is 2.29 bits per heavy atom. The number of aryl methyl sites for hydroxylation is 2. The highest BCUT2D eigenvalue weighted by Gasteiger charge is 2.30. The van der Waals surface area contributed by atoms with Crippen molar-refractivity contribution in [3.05, 3.63) is 42.2 Å². The molecular formula is C15H19N5O. The standard InChI is InChI=1S/C15H19N5O/c1-19-12(6-9-18-19)4-5-15(21)20-10-2-3-14(20)13-7-8-16-11-17-13/h6-9,11,14H,2-5,10H2,1H3/t14-/m0/s1. The van der Waals surface area contributed by atoms with E-state index in [1.165, 1.54) is 0 Å². The van der Waals surface area contributed by atoms with Crippen LogP contribution < -0.4 is 0 Å². The third-order valence-corrected chi connectivity index (χ3v) is 4.04. The molecule has 1 aliphatic rings. The minimum absolute atomic E-state index is 0.104. The summed E-state index contributed by atoms with van der Waals surface area (Å²) in [6.07, 6.45) is 8.30. The van der Waals surface area contributed by atoms with Crippen LogP contribution in [0.3, 0.4) is 0 Å². The van der Waals surface area contributed by atoms with Gasteiger partial charge in [0.05, 0.1) is 11.7 Å². The first-order valence-corrected chi connectivity index (χ1v) is 7.28. The van der Waals surface area contributed by atoms with Crippen molar-refractivity contribution in [2.45, 2.75) is 31.7 Å². The van der Waals surface area contributed by atoms with Gasteiger partial charge >= 0.3 is 0 Å². The van der Waals surface area contributed by atoms with Gasteiger partial charge < -0.3 is 4.90 Å². The molecule has 2 aromatic rings. The van der Waals surface area contributed by atoms with Gasteiger partial charge in [0.1, 0.15) is 6.33 Å². The number of rotatable bonds is 4. The Bertz CT molecular complexity index is 610. The van der Waals surface area contributed by atoms with E-state index in [1.807, 2.05) is 28.8 Å². The molecule has 1 fully saturated rings. The molecule has 0 N–H and O–H groups in total. The minimum Gasteiger partial charge on any atom is -0.334 e. The maximum absolute atomic E-state index is 12.5. The number of amides is 1. The molecule has 1 aliphatic heterocycles. The Morgan fingerprint density at radius 3 is 3.00 bits per heavy atom. The molecule has 2 aromatic heterocycles. The van der Waals surface area contributed by atoms with Gasteiger partial charge in [-0.15, -0.1) is 0 Å². The summed E-state index contributed by atoms with van der Waals surface area (Å²) in [6.45, 7) is 0.818. The molecule has 0 bridgehead atoms. The van der Waals surface area contributed by atoms with Crippen LogP contribution in [0.4, 0.5) is 0 Å². The van der Waals surface area contributed by atoms with Gasteiger partial charge in [0, 0.05) is 38.1 Å². The number of aromatic nitrogens is 4. The van der Waals surface area contributed by atoms with Crippen molar-refractivity contribution in [3.63, 3.8) is 0 Å². The Hall–Kier alpha value is -2.24. The zero-order chi connectivity index (χ0) is 14.7. The molecule has 3 rings (SSSR count). The van der Waals surface area contributed by atoms with E-state index < -0.39 is 0 Å². The van der Waals surface area contributed by atoms with E-state index in [9.17, 15) is 4.79 Å². The normalized spacial score (nSPS) is 18.1. The van der Waals surface area contributed by atoms with E-state index in [0.29, 0.717) is 6.42 Å². The first kappa shape index (κ1) is 13.7. The zero-order valence-corrected chi connectivity index (χ0v) is 12.1. The number of carbonyl (C=O) groups is 1. The summed E-state index contributed by atoms with van der Waals surface area (Å²) in [4.78, 5) is 22.7. The van der Waals surface area contributed by atoms with Crippen LogP contribution in [0.15, 0.2) is 30.9 Å². The summed E-state index contributed by atoms with van der Waals surface area (Å²) < 4.78 is 1.82. The van der Waals surface area contributed by atoms with Crippen molar-refractivity contribution in [3.8, 4) is 0 Å². The van der Waals surface area contributed by atoms with Gasteiger partial charge in [0.25, 0.3) is 0 Å². The molecule has 3 heterocycles. The topological polar surface area (TPSA) is 63.9 Å². The number of likely N-dealkylation sites (tertiary alicyclic amines) is 1. The molecule has 6 heteroatoms. The average Bonchev–Trinajstić information content (AvgIpc) is 3.15. The van der Waals surface area contributed by atoms with Crippen LogP contribution in [0.2, 0.25) is 0 Å². The van der Waals surface area contributed by atoms with Crippen LogP contribution >= 0.6 is 0 Å². The van der Waals surface area contributed by atoms with Crippen LogP contribution in [0.25, 0.3) is 0 Å². The maximum Gasteiger partial charge on any atom is 0.223 e. The van der Waals surface area contributed by atoms with Crippen LogP contribution in [0.5, 0.6) is 0 Å². The number of nitrogens with zero attached hydrogens (tertiary/aromatic N) is 5. The summed E-state index contributed by atoms with van der Waals surface area (Å²) in [5.41, 5.74) is 2.03. The molecule has 0 spiro atoms. The summed E-state index contributed by atoms with van der Waals surface area (Å²) in [5, 5.41) is 4.13. The fraction of sp³-hybridized carbons (Fsp3) is 0.467. The molecule has 1 saturated heterocycles. The molecule has 0 radical (unpaired) electrons. The first-order valence-electron chi connectivity index (χ1n) is 7.28. The number of hydrogen-bond acceptors (Lipinski definition) is 4. The highest BCUT2D eigenvalue weighted by atomic mass is 16.2. The van der Waals surface area contributed by atoms with E-state index in [4.69, 9.17) is 0 Å². The van der Waals surface area contributed by atoms with E-state index >= 15 is 0 Å². The van der Waals surface area contributed by atoms with Crippen molar-refractivity contribution in [2.75, 3.05) is 6.54 Å². The Labute approximate surface area is 123 Å². The maximum atomic E-state index is 12.5. The lowest BCUT2D eigenvalue weighted by Crippen LogP contribution is -2.31. The van der Waals surface area contributed by atoms with Crippen molar-refractivity contribution in [2.24, 2.45) is 7.05 Å². The molecule has 0 saturated carbocycles. The molecule has 6 nitrogen and oxygen atoms in total. The van der Waals surface area contributed by atoms with E-state index in [2.05, 4.69) is 15.1 Å². The van der Waals surface area contributed by atoms with Gasteiger partial charge in [-0.3, -0.25) is 9.48 Å². The van der Waals surface area contributed by atoms with E-state index in [0.717, 1.165) is 37.2 Å². The average molecular weight is 285 g/mol. The van der Waals surface area contributed by atoms with Gasteiger partial charge in [-0.25, -0.2) is 9.97 Å². The molecule has 0 aromatic carbocycles. The SMILES string of the molecule is Cn1nccc1CCC(=O)N1CCC[C@H]1c1ccncn1. The van der Waals surface area contributed by atoms with Crippen molar-refractivity contribution in [1.29, 1.82) is 0 Å². The van der Waals surface area contributed by atoms with Gasteiger partial charge in [-0.2, -0.15) is 5.10 Å². The second-order valence-corrected chi connectivity index (χ2v) is 5.33. The van der Waals surface area contributed by atoms with Gasteiger partial charge in [-0.05, 0) is 31.4 Å². The van der Waals surface area contributed by atoms with Gasteiger partial charge in [0.15, 0.2) is 0 Å². The molecule has 1 amide bonds. The molecule has 21 heavy (non-hydrogen) atoms. The molecule has 110 valence electrons. The highest BCUT2D eigenvalue weighted by molar-refractivity contribution is 5.77. The van der Waals surface area contributed by atoms with E-state index in [1.54, 1.807) is 18.7 Å². The van der Waals surface area contributed by atoms with Crippen molar-refractivity contribution < 1.29 is 4.79 Å². The number of hydrogen-bond donors (Lipinski definition) is 0. The lowest BCUT2D eigenvalue weighted by molar-refractivity contribution is -0.132. The molecule has 1 atom stereocenters. The molecule has 0 unspecified atom stereocenters. The molecular weight excluding hydrogens is 266 g/mol. The quantitative estimate of drug-likeness (QED) is 0.854. The van der Waals surface area contributed by atoms with Crippen molar-refractivity contribution in [1.82, 2.24) is 24.6 Å². The lowest BCUT2D eigenvalue weighted by atomic mass is 10.1. The number of carbonyl (C=O) groups excluding carboxylic acids is 1. The van der Waals surface area contributed by atoms with Crippen LogP contribution in [-0.2, 0) is 18.3 Å². The third kappa shape index (κ3) is 2.94. The zero-order valence-electron chi connectivity index (χ0n) is 12.1. The minimum atomic E-state index is 0.104. The molecule has 0 aliphatic carbocycles. The monoisotopic (exact) mass is 285 g/mol. The summed E-state index contributed by atoms with van der Waals surface area (Å²) >= 11 is 0. The summed E-state index contributed by atoms with van der Waals surface area (Å²) in [7, 11) is 1.90. The summed E-state index contributed by atoms with van der Waals surface area (Å²) in [5.74, 6) is 0.192. The van der Waals surface area contributed by atoms with Crippen LogP contribution in [-0.4, -0.2) is 37.1 Å². The highest BCUT2D eigenvalue weighted by Crippen LogP contribution is 2.31. The largest absolute Gasteiger partial charge is 0.334 e. The van der Waals surface area contributed by atoms with E-state index in [-0.39, 0.29) is 11.9 Å². The predicted molar refractivity (Wildman–Crippen MR) is 77.2 cm³/mol. The van der Waals surface area contributed by atoms with Crippen molar-refractivity contribution >= 4 is 5.91 Å². The van der Waals surface area contributed by atoms with Crippen LogP contribution in [0.1, 0.15) is 36.7 Å². The predicted octanol–water partition coefficient (Wildman–Crippen LogP) is 1.51. The third-order valence-electron chi connectivity index (χ3n) is 4.04. The van der Waals surface area contributed by atoms with Gasteiger partial charge in [-0.1, -0.05) is 0 Å². The smallest absolute Gasteiger partial charge is 0.223 e. The second kappa shape index (κ2) is 6.03. The lowest BCUT2D eigenvalue weighted by Gasteiger charge is -2.24. The first-order chi connectivity index (χ1) is 10.3. The Kier molecular flexibility index (Phi) is 3.94. The fourth-order valence-corrected chi connectivity index (χ4v) is 2.90.